The number of amides is 1. The SMILES string of the molecule is C.CC(C)N1CCN(CC(=O)N2CCCC2)CC1. The number of likely N-dealkylation sites (tertiary alicyclic amines) is 1. The van der Waals surface area contributed by atoms with Gasteiger partial charge in [0.2, 0.25) is 5.91 Å². The lowest BCUT2D eigenvalue weighted by Gasteiger charge is -2.37. The third kappa shape index (κ3) is 3.95. The molecule has 2 heterocycles. The Labute approximate surface area is 112 Å². The van der Waals surface area contributed by atoms with Gasteiger partial charge < -0.3 is 4.90 Å². The predicted molar refractivity (Wildman–Crippen MR) is 75.7 cm³/mol. The second kappa shape index (κ2) is 7.10. The molecule has 0 unspecified atom stereocenters. The maximum Gasteiger partial charge on any atom is 0.236 e. The summed E-state index contributed by atoms with van der Waals surface area (Å²) in [4.78, 5) is 18.8. The van der Waals surface area contributed by atoms with Crippen LogP contribution in [0.4, 0.5) is 0 Å². The fraction of sp³-hybridized carbons (Fsp3) is 0.929. The lowest BCUT2D eigenvalue weighted by Crippen LogP contribution is -2.51. The minimum absolute atomic E-state index is 0. The highest BCUT2D eigenvalue weighted by atomic mass is 16.2. The summed E-state index contributed by atoms with van der Waals surface area (Å²) in [5.74, 6) is 0.334. The Bertz CT molecular complexity index is 254. The lowest BCUT2D eigenvalue weighted by molar-refractivity contribution is -0.131. The van der Waals surface area contributed by atoms with Gasteiger partial charge in [-0.25, -0.2) is 0 Å². The molecular weight excluding hydrogens is 226 g/mol. The van der Waals surface area contributed by atoms with E-state index in [0.717, 1.165) is 39.3 Å². The van der Waals surface area contributed by atoms with Crippen molar-refractivity contribution in [3.8, 4) is 0 Å². The molecule has 2 aliphatic heterocycles. The van der Waals surface area contributed by atoms with Gasteiger partial charge in [-0.2, -0.15) is 0 Å². The molecule has 1 amide bonds. The van der Waals surface area contributed by atoms with Gasteiger partial charge in [0.15, 0.2) is 0 Å². The Morgan fingerprint density at radius 1 is 1.00 bits per heavy atom. The standard InChI is InChI=1S/C13H25N3O.CH4/c1-12(2)15-9-7-14(8-10-15)11-13(17)16-5-3-4-6-16;/h12H,3-11H2,1-2H3;1H4. The molecule has 0 radical (unpaired) electrons. The lowest BCUT2D eigenvalue weighted by atomic mass is 10.2. The Balaban J connectivity index is 0.00000162. The van der Waals surface area contributed by atoms with E-state index in [1.807, 2.05) is 4.90 Å². The van der Waals surface area contributed by atoms with Gasteiger partial charge >= 0.3 is 0 Å². The minimum Gasteiger partial charge on any atom is -0.342 e. The van der Waals surface area contributed by atoms with Crippen molar-refractivity contribution in [3.05, 3.63) is 0 Å². The molecule has 2 aliphatic rings. The van der Waals surface area contributed by atoms with Gasteiger partial charge in [-0.15, -0.1) is 0 Å². The molecule has 106 valence electrons. The van der Waals surface area contributed by atoms with Gasteiger partial charge in [0.1, 0.15) is 0 Å². The van der Waals surface area contributed by atoms with Crippen LogP contribution in [0.1, 0.15) is 34.1 Å². The predicted octanol–water partition coefficient (Wildman–Crippen LogP) is 1.27. The number of rotatable bonds is 3. The molecule has 0 aromatic heterocycles. The van der Waals surface area contributed by atoms with Crippen molar-refractivity contribution in [2.45, 2.75) is 40.2 Å². The van der Waals surface area contributed by atoms with E-state index in [9.17, 15) is 4.79 Å². The molecule has 0 aliphatic carbocycles. The second-order valence-corrected chi connectivity index (χ2v) is 5.49. The van der Waals surface area contributed by atoms with Crippen LogP contribution >= 0.6 is 0 Å². The van der Waals surface area contributed by atoms with Crippen molar-refractivity contribution in [1.82, 2.24) is 14.7 Å². The monoisotopic (exact) mass is 255 g/mol. The van der Waals surface area contributed by atoms with Gasteiger partial charge in [-0.1, -0.05) is 7.43 Å². The van der Waals surface area contributed by atoms with Crippen molar-refractivity contribution in [2.75, 3.05) is 45.8 Å². The number of carbonyl (C=O) groups is 1. The van der Waals surface area contributed by atoms with E-state index in [2.05, 4.69) is 23.6 Å². The van der Waals surface area contributed by atoms with Gasteiger partial charge in [0.05, 0.1) is 6.54 Å². The zero-order valence-electron chi connectivity index (χ0n) is 11.2. The first-order valence-electron chi connectivity index (χ1n) is 6.91. The maximum absolute atomic E-state index is 12.0. The summed E-state index contributed by atoms with van der Waals surface area (Å²) in [7, 11) is 0. The smallest absolute Gasteiger partial charge is 0.236 e. The molecule has 0 atom stereocenters. The summed E-state index contributed by atoms with van der Waals surface area (Å²) in [6.45, 7) is 11.4. The fourth-order valence-electron chi connectivity index (χ4n) is 2.70. The molecule has 2 rings (SSSR count). The van der Waals surface area contributed by atoms with Crippen molar-refractivity contribution in [3.63, 3.8) is 0 Å². The van der Waals surface area contributed by atoms with E-state index in [4.69, 9.17) is 0 Å². The highest BCUT2D eigenvalue weighted by Gasteiger charge is 2.23. The molecule has 0 N–H and O–H groups in total. The Morgan fingerprint density at radius 3 is 2.06 bits per heavy atom. The first kappa shape index (κ1) is 15.4. The van der Waals surface area contributed by atoms with E-state index in [-0.39, 0.29) is 7.43 Å². The third-order valence-corrected chi connectivity index (χ3v) is 3.95. The van der Waals surface area contributed by atoms with Crippen LogP contribution in [0.15, 0.2) is 0 Å². The first-order valence-corrected chi connectivity index (χ1v) is 6.91. The number of nitrogens with zero attached hydrogens (tertiary/aromatic N) is 3. The normalized spacial score (nSPS) is 22.3. The second-order valence-electron chi connectivity index (χ2n) is 5.49. The van der Waals surface area contributed by atoms with Crippen LogP contribution < -0.4 is 0 Å². The molecule has 0 spiro atoms. The van der Waals surface area contributed by atoms with E-state index < -0.39 is 0 Å². The average molecular weight is 255 g/mol. The van der Waals surface area contributed by atoms with Crippen LogP contribution in [0, 0.1) is 0 Å². The first-order chi connectivity index (χ1) is 8.16. The van der Waals surface area contributed by atoms with Gasteiger partial charge in [-0.05, 0) is 26.7 Å². The summed E-state index contributed by atoms with van der Waals surface area (Å²) >= 11 is 0. The fourth-order valence-corrected chi connectivity index (χ4v) is 2.70. The summed E-state index contributed by atoms with van der Waals surface area (Å²) in [6.07, 6.45) is 2.37. The topological polar surface area (TPSA) is 26.8 Å². The summed E-state index contributed by atoms with van der Waals surface area (Å²) in [5, 5.41) is 0. The zero-order chi connectivity index (χ0) is 12.3. The van der Waals surface area contributed by atoms with Gasteiger partial charge in [0, 0.05) is 45.3 Å². The molecule has 0 bridgehead atoms. The van der Waals surface area contributed by atoms with Gasteiger partial charge in [-0.3, -0.25) is 14.6 Å². The molecule has 2 saturated heterocycles. The molecule has 2 fully saturated rings. The van der Waals surface area contributed by atoms with Crippen LogP contribution in [0.5, 0.6) is 0 Å². The summed E-state index contributed by atoms with van der Waals surface area (Å²) in [6, 6.07) is 0.631. The molecule has 18 heavy (non-hydrogen) atoms. The van der Waals surface area contributed by atoms with E-state index >= 15 is 0 Å². The minimum atomic E-state index is 0. The van der Waals surface area contributed by atoms with Crippen molar-refractivity contribution in [1.29, 1.82) is 0 Å². The highest BCUT2D eigenvalue weighted by Crippen LogP contribution is 2.10. The molecule has 0 aromatic carbocycles. The highest BCUT2D eigenvalue weighted by molar-refractivity contribution is 5.78. The van der Waals surface area contributed by atoms with Crippen molar-refractivity contribution in [2.24, 2.45) is 0 Å². The molecule has 0 saturated carbocycles. The van der Waals surface area contributed by atoms with E-state index in [1.165, 1.54) is 12.8 Å². The third-order valence-electron chi connectivity index (χ3n) is 3.95. The maximum atomic E-state index is 12.0. The Kier molecular flexibility index (Phi) is 6.09. The Hall–Kier alpha value is -0.610. The quantitative estimate of drug-likeness (QED) is 0.760. The van der Waals surface area contributed by atoms with Crippen LogP contribution in [0.3, 0.4) is 0 Å². The van der Waals surface area contributed by atoms with Crippen LogP contribution in [0.2, 0.25) is 0 Å². The zero-order valence-corrected chi connectivity index (χ0v) is 11.2. The van der Waals surface area contributed by atoms with Crippen LogP contribution in [0.25, 0.3) is 0 Å². The number of hydrogen-bond donors (Lipinski definition) is 0. The Morgan fingerprint density at radius 2 is 1.56 bits per heavy atom. The largest absolute Gasteiger partial charge is 0.342 e. The van der Waals surface area contributed by atoms with E-state index in [0.29, 0.717) is 18.5 Å². The van der Waals surface area contributed by atoms with Gasteiger partial charge in [0.25, 0.3) is 0 Å². The van der Waals surface area contributed by atoms with Crippen LogP contribution in [-0.4, -0.2) is 72.5 Å². The molecule has 4 heteroatoms. The molecule has 0 aromatic rings. The number of piperazine rings is 1. The average Bonchev–Trinajstić information content (AvgIpc) is 2.83. The van der Waals surface area contributed by atoms with Crippen molar-refractivity contribution >= 4 is 5.91 Å². The molecule has 4 nitrogen and oxygen atoms in total. The van der Waals surface area contributed by atoms with E-state index in [1.54, 1.807) is 0 Å². The summed E-state index contributed by atoms with van der Waals surface area (Å²) in [5.41, 5.74) is 0. The summed E-state index contributed by atoms with van der Waals surface area (Å²) < 4.78 is 0. The van der Waals surface area contributed by atoms with Crippen LogP contribution in [-0.2, 0) is 4.79 Å². The van der Waals surface area contributed by atoms with Crippen molar-refractivity contribution < 1.29 is 4.79 Å². The number of hydrogen-bond acceptors (Lipinski definition) is 3. The molecular formula is C14H29N3O. The number of carbonyl (C=O) groups excluding carboxylic acids is 1.